The molecule has 0 aliphatic carbocycles. The number of pyridine rings is 1. The molecule has 22 heavy (non-hydrogen) atoms. The molecular formula is C18H21N3O. The van der Waals surface area contributed by atoms with Crippen LogP contribution in [0, 0.1) is 13.8 Å². The Morgan fingerprint density at radius 3 is 2.59 bits per heavy atom. The van der Waals surface area contributed by atoms with Crippen molar-refractivity contribution in [1.82, 2.24) is 9.38 Å². The Labute approximate surface area is 130 Å². The van der Waals surface area contributed by atoms with Gasteiger partial charge in [0.05, 0.1) is 18.0 Å². The largest absolute Gasteiger partial charge is 0.494 e. The number of nitrogen functional groups attached to an aromatic ring is 1. The van der Waals surface area contributed by atoms with Crippen molar-refractivity contribution >= 4 is 11.3 Å². The Bertz CT molecular complexity index is 803. The molecule has 3 rings (SSSR count). The number of imidazole rings is 1. The molecule has 0 unspecified atom stereocenters. The predicted molar refractivity (Wildman–Crippen MR) is 90.3 cm³/mol. The fourth-order valence-electron chi connectivity index (χ4n) is 2.63. The number of fused-ring (bicyclic) bond motifs is 1. The minimum absolute atomic E-state index is 0.706. The van der Waals surface area contributed by atoms with Crippen molar-refractivity contribution < 1.29 is 4.74 Å². The van der Waals surface area contributed by atoms with Crippen molar-refractivity contribution in [3.8, 4) is 17.0 Å². The van der Waals surface area contributed by atoms with Crippen LogP contribution >= 0.6 is 0 Å². The number of benzene rings is 1. The van der Waals surface area contributed by atoms with Gasteiger partial charge in [-0.25, -0.2) is 4.98 Å². The molecule has 0 amide bonds. The lowest BCUT2D eigenvalue weighted by Gasteiger charge is -2.05. The summed E-state index contributed by atoms with van der Waals surface area (Å²) >= 11 is 0. The maximum absolute atomic E-state index is 6.09. The summed E-state index contributed by atoms with van der Waals surface area (Å²) in [5.41, 5.74) is 11.9. The van der Waals surface area contributed by atoms with E-state index in [4.69, 9.17) is 15.5 Å². The van der Waals surface area contributed by atoms with E-state index in [1.54, 1.807) is 0 Å². The van der Waals surface area contributed by atoms with Gasteiger partial charge in [-0.15, -0.1) is 0 Å². The molecule has 0 spiro atoms. The molecule has 2 heterocycles. The monoisotopic (exact) mass is 295 g/mol. The SMILES string of the molecule is CCCOc1ccc(-c2nc3c(N)cc(C)cn3c2C)cc1. The molecule has 0 fully saturated rings. The maximum Gasteiger partial charge on any atom is 0.160 e. The lowest BCUT2D eigenvalue weighted by molar-refractivity contribution is 0.317. The molecule has 1 aromatic carbocycles. The summed E-state index contributed by atoms with van der Waals surface area (Å²) in [4.78, 5) is 4.71. The van der Waals surface area contributed by atoms with Gasteiger partial charge in [-0.3, -0.25) is 0 Å². The van der Waals surface area contributed by atoms with Crippen molar-refractivity contribution in [2.45, 2.75) is 27.2 Å². The van der Waals surface area contributed by atoms with Gasteiger partial charge < -0.3 is 14.9 Å². The number of hydrogen-bond acceptors (Lipinski definition) is 3. The Morgan fingerprint density at radius 2 is 1.91 bits per heavy atom. The Morgan fingerprint density at radius 1 is 1.18 bits per heavy atom. The number of ether oxygens (including phenoxy) is 1. The van der Waals surface area contributed by atoms with E-state index in [2.05, 4.69) is 24.4 Å². The van der Waals surface area contributed by atoms with Gasteiger partial charge in [-0.1, -0.05) is 6.92 Å². The van der Waals surface area contributed by atoms with Crippen molar-refractivity contribution in [3.63, 3.8) is 0 Å². The van der Waals surface area contributed by atoms with E-state index in [-0.39, 0.29) is 0 Å². The fraction of sp³-hybridized carbons (Fsp3) is 0.278. The van der Waals surface area contributed by atoms with Gasteiger partial charge >= 0.3 is 0 Å². The summed E-state index contributed by atoms with van der Waals surface area (Å²) in [6.45, 7) is 6.94. The van der Waals surface area contributed by atoms with E-state index in [0.717, 1.165) is 46.9 Å². The third kappa shape index (κ3) is 2.52. The van der Waals surface area contributed by atoms with Crippen LogP contribution in [0.5, 0.6) is 5.75 Å². The zero-order valence-electron chi connectivity index (χ0n) is 13.3. The molecule has 0 aliphatic rings. The van der Waals surface area contributed by atoms with Crippen molar-refractivity contribution in [3.05, 3.63) is 47.8 Å². The molecule has 3 aromatic rings. The normalized spacial score (nSPS) is 11.0. The zero-order chi connectivity index (χ0) is 15.7. The van der Waals surface area contributed by atoms with Gasteiger partial charge in [0, 0.05) is 17.5 Å². The van der Waals surface area contributed by atoms with Crippen LogP contribution in [-0.2, 0) is 0 Å². The molecule has 4 nitrogen and oxygen atoms in total. The van der Waals surface area contributed by atoms with Gasteiger partial charge in [0.25, 0.3) is 0 Å². The lowest BCUT2D eigenvalue weighted by atomic mass is 10.1. The molecule has 0 atom stereocenters. The first-order valence-electron chi connectivity index (χ1n) is 7.58. The van der Waals surface area contributed by atoms with Gasteiger partial charge in [-0.2, -0.15) is 0 Å². The van der Waals surface area contributed by atoms with Gasteiger partial charge in [0.15, 0.2) is 5.65 Å². The lowest BCUT2D eigenvalue weighted by Crippen LogP contribution is -1.95. The second-order valence-electron chi connectivity index (χ2n) is 5.59. The van der Waals surface area contributed by atoms with E-state index < -0.39 is 0 Å². The van der Waals surface area contributed by atoms with Crippen molar-refractivity contribution in [1.29, 1.82) is 0 Å². The highest BCUT2D eigenvalue weighted by Gasteiger charge is 2.12. The van der Waals surface area contributed by atoms with Crippen LogP contribution in [0.15, 0.2) is 36.5 Å². The number of nitrogens with two attached hydrogens (primary N) is 1. The minimum Gasteiger partial charge on any atom is -0.494 e. The highest BCUT2D eigenvalue weighted by Crippen LogP contribution is 2.28. The highest BCUT2D eigenvalue weighted by molar-refractivity contribution is 5.74. The van der Waals surface area contributed by atoms with Crippen LogP contribution in [0.3, 0.4) is 0 Å². The van der Waals surface area contributed by atoms with Crippen LogP contribution < -0.4 is 10.5 Å². The first kappa shape index (κ1) is 14.4. The number of rotatable bonds is 4. The predicted octanol–water partition coefficient (Wildman–Crippen LogP) is 3.99. The van der Waals surface area contributed by atoms with E-state index >= 15 is 0 Å². The molecule has 114 valence electrons. The van der Waals surface area contributed by atoms with E-state index in [9.17, 15) is 0 Å². The average molecular weight is 295 g/mol. The molecule has 0 radical (unpaired) electrons. The summed E-state index contributed by atoms with van der Waals surface area (Å²) in [5.74, 6) is 0.891. The van der Waals surface area contributed by atoms with Crippen LogP contribution in [-0.4, -0.2) is 16.0 Å². The van der Waals surface area contributed by atoms with Gasteiger partial charge in [0.1, 0.15) is 5.75 Å². The van der Waals surface area contributed by atoms with Crippen LogP contribution in [0.4, 0.5) is 5.69 Å². The third-order valence-corrected chi connectivity index (χ3v) is 3.72. The molecule has 0 saturated heterocycles. The molecule has 2 aromatic heterocycles. The first-order chi connectivity index (χ1) is 10.6. The van der Waals surface area contributed by atoms with Gasteiger partial charge in [-0.05, 0) is 56.2 Å². The second-order valence-corrected chi connectivity index (χ2v) is 5.59. The number of aryl methyl sites for hydroxylation is 2. The zero-order valence-corrected chi connectivity index (χ0v) is 13.3. The summed E-state index contributed by atoms with van der Waals surface area (Å²) in [5, 5.41) is 0. The second kappa shape index (κ2) is 5.72. The van der Waals surface area contributed by atoms with Crippen molar-refractivity contribution in [2.24, 2.45) is 0 Å². The first-order valence-corrected chi connectivity index (χ1v) is 7.58. The number of aromatic nitrogens is 2. The minimum atomic E-state index is 0.706. The standard InChI is InChI=1S/C18H21N3O/c1-4-9-22-15-7-5-14(6-8-15)17-13(3)21-11-12(2)10-16(19)18(21)20-17/h5-8,10-11H,4,9,19H2,1-3H3. The third-order valence-electron chi connectivity index (χ3n) is 3.72. The molecule has 0 aliphatic heterocycles. The Balaban J connectivity index is 2.03. The summed E-state index contributed by atoms with van der Waals surface area (Å²) in [6, 6.07) is 10.0. The summed E-state index contributed by atoms with van der Waals surface area (Å²) in [7, 11) is 0. The Hall–Kier alpha value is -2.49. The number of hydrogen-bond donors (Lipinski definition) is 1. The molecule has 0 bridgehead atoms. The van der Waals surface area contributed by atoms with Crippen molar-refractivity contribution in [2.75, 3.05) is 12.3 Å². The van der Waals surface area contributed by atoms with E-state index in [0.29, 0.717) is 5.69 Å². The fourth-order valence-corrected chi connectivity index (χ4v) is 2.63. The van der Waals surface area contributed by atoms with E-state index in [1.807, 2.05) is 37.3 Å². The molecule has 4 heteroatoms. The summed E-state index contributed by atoms with van der Waals surface area (Å²) in [6.07, 6.45) is 3.07. The van der Waals surface area contributed by atoms with Crippen LogP contribution in [0.2, 0.25) is 0 Å². The summed E-state index contributed by atoms with van der Waals surface area (Å²) < 4.78 is 7.68. The Kier molecular flexibility index (Phi) is 3.75. The number of nitrogens with zero attached hydrogens (tertiary/aromatic N) is 2. The molecule has 2 N–H and O–H groups in total. The topological polar surface area (TPSA) is 52.5 Å². The quantitative estimate of drug-likeness (QED) is 0.792. The number of anilines is 1. The van der Waals surface area contributed by atoms with Gasteiger partial charge in [0.2, 0.25) is 0 Å². The molecule has 0 saturated carbocycles. The molecular weight excluding hydrogens is 274 g/mol. The average Bonchev–Trinajstić information content (AvgIpc) is 2.83. The highest BCUT2D eigenvalue weighted by atomic mass is 16.5. The smallest absolute Gasteiger partial charge is 0.160 e. The van der Waals surface area contributed by atoms with Crippen LogP contribution in [0.25, 0.3) is 16.9 Å². The maximum atomic E-state index is 6.09. The van der Waals surface area contributed by atoms with E-state index in [1.165, 1.54) is 0 Å². The van der Waals surface area contributed by atoms with Crippen LogP contribution in [0.1, 0.15) is 24.6 Å².